The number of fused-ring (bicyclic) bond motifs is 1. The van der Waals surface area contributed by atoms with Crippen molar-refractivity contribution < 1.29 is 0 Å². The molecule has 1 unspecified atom stereocenters. The summed E-state index contributed by atoms with van der Waals surface area (Å²) in [5.41, 5.74) is 10.1. The fourth-order valence-corrected chi connectivity index (χ4v) is 2.59. The van der Waals surface area contributed by atoms with Crippen molar-refractivity contribution in [3.63, 3.8) is 0 Å². The van der Waals surface area contributed by atoms with Crippen LogP contribution in [0.1, 0.15) is 31.5 Å². The Labute approximate surface area is 103 Å². The number of aryl methyl sites for hydroxylation is 1. The number of para-hydroxylation sites is 1. The van der Waals surface area contributed by atoms with Crippen molar-refractivity contribution in [3.05, 3.63) is 35.5 Å². The van der Waals surface area contributed by atoms with Crippen molar-refractivity contribution in [2.75, 3.05) is 0 Å². The van der Waals surface area contributed by atoms with Crippen LogP contribution in [0.25, 0.3) is 10.9 Å². The first-order valence-corrected chi connectivity index (χ1v) is 6.47. The van der Waals surface area contributed by atoms with Gasteiger partial charge in [0.25, 0.3) is 0 Å². The molecule has 92 valence electrons. The van der Waals surface area contributed by atoms with Crippen LogP contribution in [-0.2, 0) is 13.0 Å². The Morgan fingerprint density at radius 3 is 2.65 bits per heavy atom. The molecule has 1 aromatic heterocycles. The summed E-state index contributed by atoms with van der Waals surface area (Å²) in [4.78, 5) is 0. The van der Waals surface area contributed by atoms with Gasteiger partial charge in [0.2, 0.25) is 0 Å². The lowest BCUT2D eigenvalue weighted by molar-refractivity contribution is 0.593. The summed E-state index contributed by atoms with van der Waals surface area (Å²) in [6.45, 7) is 7.41. The zero-order valence-electron chi connectivity index (χ0n) is 11.0. The van der Waals surface area contributed by atoms with Gasteiger partial charge in [-0.15, -0.1) is 0 Å². The number of benzene rings is 1. The third-order valence-electron chi connectivity index (χ3n) is 3.33. The first kappa shape index (κ1) is 12.2. The highest BCUT2D eigenvalue weighted by Crippen LogP contribution is 2.27. The number of hydrogen-bond donors (Lipinski definition) is 1. The summed E-state index contributed by atoms with van der Waals surface area (Å²) < 4.78 is 2.37. The van der Waals surface area contributed by atoms with E-state index in [1.807, 2.05) is 0 Å². The van der Waals surface area contributed by atoms with Gasteiger partial charge in [-0.1, -0.05) is 31.5 Å². The van der Waals surface area contributed by atoms with Crippen LogP contribution in [0.15, 0.2) is 24.3 Å². The maximum atomic E-state index is 5.95. The van der Waals surface area contributed by atoms with Crippen LogP contribution in [0.4, 0.5) is 0 Å². The second kappa shape index (κ2) is 4.92. The minimum Gasteiger partial charge on any atom is -0.343 e. The molecule has 0 saturated carbocycles. The molecular formula is C15H22N2. The first-order valence-electron chi connectivity index (χ1n) is 6.47. The standard InChI is InChI=1S/C15H22N2/c1-4-7-13-12(3)17(10-11(2)16)15-9-6-5-8-14(13)15/h5-6,8-9,11H,4,7,10,16H2,1-3H3. The zero-order chi connectivity index (χ0) is 12.4. The predicted octanol–water partition coefficient (Wildman–Crippen LogP) is 3.25. The lowest BCUT2D eigenvalue weighted by Crippen LogP contribution is -2.22. The van der Waals surface area contributed by atoms with E-state index in [1.165, 1.54) is 28.6 Å². The average molecular weight is 230 g/mol. The highest BCUT2D eigenvalue weighted by Gasteiger charge is 2.13. The molecule has 1 atom stereocenters. The van der Waals surface area contributed by atoms with E-state index in [9.17, 15) is 0 Å². The summed E-state index contributed by atoms with van der Waals surface area (Å²) in [6, 6.07) is 8.85. The summed E-state index contributed by atoms with van der Waals surface area (Å²) in [6.07, 6.45) is 2.34. The molecule has 2 nitrogen and oxygen atoms in total. The average Bonchev–Trinajstić information content (AvgIpc) is 2.55. The summed E-state index contributed by atoms with van der Waals surface area (Å²) in [5, 5.41) is 1.40. The third-order valence-corrected chi connectivity index (χ3v) is 3.33. The topological polar surface area (TPSA) is 30.9 Å². The summed E-state index contributed by atoms with van der Waals surface area (Å²) in [7, 11) is 0. The Morgan fingerprint density at radius 1 is 1.29 bits per heavy atom. The molecule has 0 radical (unpaired) electrons. The number of rotatable bonds is 4. The van der Waals surface area contributed by atoms with Gasteiger partial charge in [0.15, 0.2) is 0 Å². The van der Waals surface area contributed by atoms with Crippen LogP contribution in [0.2, 0.25) is 0 Å². The van der Waals surface area contributed by atoms with Crippen molar-refractivity contribution in [1.29, 1.82) is 0 Å². The number of hydrogen-bond acceptors (Lipinski definition) is 1. The Bertz CT molecular complexity index is 509. The molecule has 2 aromatic rings. The first-order chi connectivity index (χ1) is 8.15. The summed E-state index contributed by atoms with van der Waals surface area (Å²) in [5.74, 6) is 0. The van der Waals surface area contributed by atoms with Gasteiger partial charge in [0.05, 0.1) is 0 Å². The molecular weight excluding hydrogens is 208 g/mol. The minimum absolute atomic E-state index is 0.194. The van der Waals surface area contributed by atoms with Crippen molar-refractivity contribution in [2.45, 2.75) is 46.2 Å². The third kappa shape index (κ3) is 2.22. The van der Waals surface area contributed by atoms with E-state index in [0.29, 0.717) is 0 Å². The zero-order valence-corrected chi connectivity index (χ0v) is 11.0. The highest BCUT2D eigenvalue weighted by atomic mass is 15.0. The second-order valence-corrected chi connectivity index (χ2v) is 4.92. The van der Waals surface area contributed by atoms with Gasteiger partial charge in [-0.2, -0.15) is 0 Å². The minimum atomic E-state index is 0.194. The fraction of sp³-hybridized carbons (Fsp3) is 0.467. The van der Waals surface area contributed by atoms with Gasteiger partial charge in [-0.25, -0.2) is 0 Å². The number of nitrogens with zero attached hydrogens (tertiary/aromatic N) is 1. The van der Waals surface area contributed by atoms with Gasteiger partial charge in [-0.05, 0) is 31.9 Å². The van der Waals surface area contributed by atoms with Crippen molar-refractivity contribution >= 4 is 10.9 Å². The van der Waals surface area contributed by atoms with Crippen LogP contribution >= 0.6 is 0 Å². The lowest BCUT2D eigenvalue weighted by atomic mass is 10.1. The molecule has 0 aliphatic rings. The molecule has 0 fully saturated rings. The quantitative estimate of drug-likeness (QED) is 0.858. The van der Waals surface area contributed by atoms with E-state index in [0.717, 1.165) is 13.0 Å². The number of nitrogens with two attached hydrogens (primary N) is 1. The molecule has 1 heterocycles. The van der Waals surface area contributed by atoms with Gasteiger partial charge in [-0.3, -0.25) is 0 Å². The Kier molecular flexibility index (Phi) is 3.53. The molecule has 0 spiro atoms. The fourth-order valence-electron chi connectivity index (χ4n) is 2.59. The van der Waals surface area contributed by atoms with Crippen LogP contribution in [0.5, 0.6) is 0 Å². The normalized spacial score (nSPS) is 13.2. The predicted molar refractivity (Wildman–Crippen MR) is 74.3 cm³/mol. The molecule has 0 amide bonds. The Morgan fingerprint density at radius 2 is 2.00 bits per heavy atom. The molecule has 0 aliphatic heterocycles. The smallest absolute Gasteiger partial charge is 0.0485 e. The van der Waals surface area contributed by atoms with Crippen LogP contribution < -0.4 is 5.73 Å². The van der Waals surface area contributed by atoms with Gasteiger partial charge < -0.3 is 10.3 Å². The molecule has 2 heteroatoms. The van der Waals surface area contributed by atoms with Crippen molar-refractivity contribution in [1.82, 2.24) is 4.57 Å². The van der Waals surface area contributed by atoms with Gasteiger partial charge >= 0.3 is 0 Å². The Hall–Kier alpha value is -1.28. The van der Waals surface area contributed by atoms with Crippen molar-refractivity contribution in [2.24, 2.45) is 5.73 Å². The maximum Gasteiger partial charge on any atom is 0.0485 e. The monoisotopic (exact) mass is 230 g/mol. The van der Waals surface area contributed by atoms with E-state index < -0.39 is 0 Å². The molecule has 0 saturated heterocycles. The molecule has 2 rings (SSSR count). The highest BCUT2D eigenvalue weighted by molar-refractivity contribution is 5.85. The largest absolute Gasteiger partial charge is 0.343 e. The molecule has 0 bridgehead atoms. The van der Waals surface area contributed by atoms with E-state index >= 15 is 0 Å². The van der Waals surface area contributed by atoms with Gasteiger partial charge in [0, 0.05) is 29.2 Å². The van der Waals surface area contributed by atoms with Crippen LogP contribution in [0, 0.1) is 6.92 Å². The Balaban J connectivity index is 2.61. The van der Waals surface area contributed by atoms with E-state index in [4.69, 9.17) is 5.73 Å². The molecule has 0 aliphatic carbocycles. The van der Waals surface area contributed by atoms with Crippen LogP contribution in [-0.4, -0.2) is 10.6 Å². The van der Waals surface area contributed by atoms with E-state index in [-0.39, 0.29) is 6.04 Å². The maximum absolute atomic E-state index is 5.95. The van der Waals surface area contributed by atoms with Crippen molar-refractivity contribution in [3.8, 4) is 0 Å². The van der Waals surface area contributed by atoms with Crippen LogP contribution in [0.3, 0.4) is 0 Å². The SMILES string of the molecule is CCCc1c(C)n(CC(C)N)c2ccccc12. The second-order valence-electron chi connectivity index (χ2n) is 4.92. The molecule has 17 heavy (non-hydrogen) atoms. The molecule has 1 aromatic carbocycles. The molecule has 2 N–H and O–H groups in total. The lowest BCUT2D eigenvalue weighted by Gasteiger charge is -2.11. The van der Waals surface area contributed by atoms with E-state index in [1.54, 1.807) is 0 Å². The summed E-state index contributed by atoms with van der Waals surface area (Å²) >= 11 is 0. The number of aromatic nitrogens is 1. The van der Waals surface area contributed by atoms with E-state index in [2.05, 4.69) is 49.6 Å². The van der Waals surface area contributed by atoms with Gasteiger partial charge in [0.1, 0.15) is 0 Å².